The lowest BCUT2D eigenvalue weighted by Crippen LogP contribution is -2.29. The van der Waals surface area contributed by atoms with Crippen molar-refractivity contribution >= 4 is 28.3 Å². The summed E-state index contributed by atoms with van der Waals surface area (Å²) in [5.41, 5.74) is 2.05. The summed E-state index contributed by atoms with van der Waals surface area (Å²) in [6.07, 6.45) is 0. The molecule has 0 aliphatic rings. The molecule has 28 heavy (non-hydrogen) atoms. The first kappa shape index (κ1) is 18.1. The third-order valence-corrected chi connectivity index (χ3v) is 5.00. The second-order valence-electron chi connectivity index (χ2n) is 6.54. The SMILES string of the molecule is O=C(N[C@@H](c1ccc(Cl)cc1)c1c(O)ccc2ccccc12)c1ccccc1. The Bertz CT molecular complexity index is 1120. The van der Waals surface area contributed by atoms with Crippen LogP contribution in [0.25, 0.3) is 10.8 Å². The first-order chi connectivity index (χ1) is 13.6. The Kier molecular flexibility index (Phi) is 5.00. The van der Waals surface area contributed by atoms with Crippen molar-refractivity contribution in [3.8, 4) is 5.75 Å². The molecule has 3 nitrogen and oxygen atoms in total. The van der Waals surface area contributed by atoms with E-state index >= 15 is 0 Å². The molecule has 0 aliphatic carbocycles. The van der Waals surface area contributed by atoms with Gasteiger partial charge in [-0.2, -0.15) is 0 Å². The molecule has 4 aromatic carbocycles. The van der Waals surface area contributed by atoms with Gasteiger partial charge in [-0.3, -0.25) is 4.79 Å². The number of halogens is 1. The summed E-state index contributed by atoms with van der Waals surface area (Å²) in [6.45, 7) is 0. The van der Waals surface area contributed by atoms with Gasteiger partial charge in [0.05, 0.1) is 6.04 Å². The molecule has 0 saturated heterocycles. The number of hydrogen-bond donors (Lipinski definition) is 2. The number of hydrogen-bond acceptors (Lipinski definition) is 2. The van der Waals surface area contributed by atoms with Crippen LogP contribution in [0.2, 0.25) is 5.02 Å². The molecule has 1 amide bonds. The highest BCUT2D eigenvalue weighted by molar-refractivity contribution is 6.30. The lowest BCUT2D eigenvalue weighted by molar-refractivity contribution is 0.0943. The van der Waals surface area contributed by atoms with Gasteiger partial charge in [0.25, 0.3) is 5.91 Å². The molecule has 0 heterocycles. The first-order valence-corrected chi connectivity index (χ1v) is 9.33. The Morgan fingerprint density at radius 2 is 1.50 bits per heavy atom. The molecule has 0 bridgehead atoms. The fourth-order valence-electron chi connectivity index (χ4n) is 3.37. The quantitative estimate of drug-likeness (QED) is 0.470. The van der Waals surface area contributed by atoms with Gasteiger partial charge in [-0.05, 0) is 46.7 Å². The van der Waals surface area contributed by atoms with Crippen molar-refractivity contribution in [3.63, 3.8) is 0 Å². The van der Waals surface area contributed by atoms with E-state index in [0.29, 0.717) is 16.1 Å². The van der Waals surface area contributed by atoms with Gasteiger partial charge in [0, 0.05) is 16.1 Å². The second kappa shape index (κ2) is 7.75. The van der Waals surface area contributed by atoms with Crippen molar-refractivity contribution in [1.29, 1.82) is 0 Å². The van der Waals surface area contributed by atoms with E-state index in [4.69, 9.17) is 11.6 Å². The molecule has 0 fully saturated rings. The van der Waals surface area contributed by atoms with Crippen molar-refractivity contribution in [1.82, 2.24) is 5.32 Å². The van der Waals surface area contributed by atoms with Crippen molar-refractivity contribution in [3.05, 3.63) is 113 Å². The van der Waals surface area contributed by atoms with Crippen molar-refractivity contribution < 1.29 is 9.90 Å². The average Bonchev–Trinajstić information content (AvgIpc) is 2.73. The molecule has 0 aromatic heterocycles. The minimum absolute atomic E-state index is 0.131. The van der Waals surface area contributed by atoms with E-state index in [-0.39, 0.29) is 11.7 Å². The van der Waals surface area contributed by atoms with E-state index in [9.17, 15) is 9.90 Å². The van der Waals surface area contributed by atoms with Crippen LogP contribution in [0.1, 0.15) is 27.5 Å². The molecule has 4 heteroatoms. The van der Waals surface area contributed by atoms with Crippen molar-refractivity contribution in [2.24, 2.45) is 0 Å². The van der Waals surface area contributed by atoms with E-state index in [2.05, 4.69) is 5.32 Å². The predicted molar refractivity (Wildman–Crippen MR) is 113 cm³/mol. The summed E-state index contributed by atoms with van der Waals surface area (Å²) < 4.78 is 0. The number of aromatic hydroxyl groups is 1. The molecular weight excluding hydrogens is 370 g/mol. The maximum Gasteiger partial charge on any atom is 0.252 e. The van der Waals surface area contributed by atoms with Crippen LogP contribution in [0.3, 0.4) is 0 Å². The minimum atomic E-state index is -0.531. The Hall–Kier alpha value is -3.30. The van der Waals surface area contributed by atoms with Crippen LogP contribution in [0.5, 0.6) is 5.75 Å². The topological polar surface area (TPSA) is 49.3 Å². The van der Waals surface area contributed by atoms with E-state index in [1.807, 2.05) is 60.7 Å². The summed E-state index contributed by atoms with van der Waals surface area (Å²) in [5.74, 6) is -0.0834. The minimum Gasteiger partial charge on any atom is -0.508 e. The number of phenolic OH excluding ortho intramolecular Hbond substituents is 1. The van der Waals surface area contributed by atoms with Crippen molar-refractivity contribution in [2.75, 3.05) is 0 Å². The standard InChI is InChI=1S/C24H18ClNO2/c25-19-13-10-17(11-14-19)23(26-24(28)18-7-2-1-3-8-18)22-20-9-5-4-6-16(20)12-15-21(22)27/h1-15,23,27H,(H,26,28)/t23-/m0/s1. The maximum atomic E-state index is 12.9. The summed E-state index contributed by atoms with van der Waals surface area (Å²) in [5, 5.41) is 16.3. The largest absolute Gasteiger partial charge is 0.508 e. The Balaban J connectivity index is 1.85. The van der Waals surface area contributed by atoms with Gasteiger partial charge in [-0.25, -0.2) is 0 Å². The van der Waals surface area contributed by atoms with E-state index in [1.165, 1.54) is 0 Å². The van der Waals surface area contributed by atoms with Crippen LogP contribution >= 0.6 is 11.6 Å². The molecule has 138 valence electrons. The number of fused-ring (bicyclic) bond motifs is 1. The predicted octanol–water partition coefficient (Wildman–Crippen LogP) is 5.72. The summed E-state index contributed by atoms with van der Waals surface area (Å²) in [6, 6.07) is 27.1. The zero-order chi connectivity index (χ0) is 19.5. The zero-order valence-corrected chi connectivity index (χ0v) is 15.7. The summed E-state index contributed by atoms with van der Waals surface area (Å²) in [4.78, 5) is 12.9. The molecule has 0 radical (unpaired) electrons. The number of nitrogens with one attached hydrogen (secondary N) is 1. The lowest BCUT2D eigenvalue weighted by Gasteiger charge is -2.23. The van der Waals surface area contributed by atoms with Gasteiger partial charge in [0.2, 0.25) is 0 Å². The molecule has 2 N–H and O–H groups in total. The molecule has 1 atom stereocenters. The highest BCUT2D eigenvalue weighted by Gasteiger charge is 2.23. The van der Waals surface area contributed by atoms with Gasteiger partial charge in [0.1, 0.15) is 5.75 Å². The number of benzene rings is 4. The van der Waals surface area contributed by atoms with Gasteiger partial charge in [-0.1, -0.05) is 72.3 Å². The molecule has 4 rings (SSSR count). The fraction of sp³-hybridized carbons (Fsp3) is 0.0417. The molecule has 0 unspecified atom stereocenters. The smallest absolute Gasteiger partial charge is 0.252 e. The Morgan fingerprint density at radius 3 is 2.25 bits per heavy atom. The van der Waals surface area contributed by atoms with Crippen molar-refractivity contribution in [2.45, 2.75) is 6.04 Å². The molecular formula is C24H18ClNO2. The highest BCUT2D eigenvalue weighted by Crippen LogP contribution is 2.36. The normalized spacial score (nSPS) is 11.9. The summed E-state index contributed by atoms with van der Waals surface area (Å²) in [7, 11) is 0. The molecule has 0 saturated carbocycles. The van der Waals surface area contributed by atoms with Gasteiger partial charge in [0.15, 0.2) is 0 Å². The Labute approximate surface area is 168 Å². The first-order valence-electron chi connectivity index (χ1n) is 8.95. The van der Waals surface area contributed by atoms with Gasteiger partial charge < -0.3 is 10.4 Å². The fourth-order valence-corrected chi connectivity index (χ4v) is 3.49. The van der Waals surface area contributed by atoms with Gasteiger partial charge >= 0.3 is 0 Å². The lowest BCUT2D eigenvalue weighted by atomic mass is 9.92. The number of amides is 1. The van der Waals surface area contributed by atoms with Gasteiger partial charge in [-0.15, -0.1) is 0 Å². The van der Waals surface area contributed by atoms with Crippen LogP contribution in [0.4, 0.5) is 0 Å². The number of carbonyl (C=O) groups is 1. The van der Waals surface area contributed by atoms with Crippen LogP contribution in [0, 0.1) is 0 Å². The third-order valence-electron chi connectivity index (χ3n) is 4.75. The monoisotopic (exact) mass is 387 g/mol. The highest BCUT2D eigenvalue weighted by atomic mass is 35.5. The average molecular weight is 388 g/mol. The van der Waals surface area contributed by atoms with E-state index < -0.39 is 6.04 Å². The number of carbonyl (C=O) groups excluding carboxylic acids is 1. The maximum absolute atomic E-state index is 12.9. The van der Waals surface area contributed by atoms with E-state index in [1.54, 1.807) is 30.3 Å². The molecule has 0 spiro atoms. The molecule has 0 aliphatic heterocycles. The number of rotatable bonds is 4. The van der Waals surface area contributed by atoms with Crippen LogP contribution < -0.4 is 5.32 Å². The number of phenols is 1. The molecule has 4 aromatic rings. The Morgan fingerprint density at radius 1 is 0.821 bits per heavy atom. The van der Waals surface area contributed by atoms with Crippen LogP contribution in [-0.2, 0) is 0 Å². The second-order valence-corrected chi connectivity index (χ2v) is 6.98. The van der Waals surface area contributed by atoms with Crippen LogP contribution in [-0.4, -0.2) is 11.0 Å². The van der Waals surface area contributed by atoms with Crippen LogP contribution in [0.15, 0.2) is 91.0 Å². The van der Waals surface area contributed by atoms with E-state index in [0.717, 1.165) is 16.3 Å². The summed E-state index contributed by atoms with van der Waals surface area (Å²) >= 11 is 6.05. The third kappa shape index (κ3) is 3.57. The zero-order valence-electron chi connectivity index (χ0n) is 15.0.